The lowest BCUT2D eigenvalue weighted by Crippen LogP contribution is -2.62. The van der Waals surface area contributed by atoms with E-state index in [1.165, 1.54) is 0 Å². The van der Waals surface area contributed by atoms with Crippen molar-refractivity contribution in [3.05, 3.63) is 71.8 Å². The van der Waals surface area contributed by atoms with Crippen LogP contribution in [0.4, 0.5) is 4.79 Å². The summed E-state index contributed by atoms with van der Waals surface area (Å²) < 4.78 is 5.47. The van der Waals surface area contributed by atoms with Crippen LogP contribution in [0.15, 0.2) is 60.7 Å². The highest BCUT2D eigenvalue weighted by molar-refractivity contribution is 5.93. The largest absolute Gasteiger partial charge is 0.461 e. The summed E-state index contributed by atoms with van der Waals surface area (Å²) in [4.78, 5) is 29.3. The van der Waals surface area contributed by atoms with Crippen LogP contribution in [0.3, 0.4) is 0 Å². The van der Waals surface area contributed by atoms with E-state index in [0.29, 0.717) is 6.54 Å². The fourth-order valence-corrected chi connectivity index (χ4v) is 4.16. The molecule has 2 heterocycles. The average molecular weight is 366 g/mol. The van der Waals surface area contributed by atoms with Gasteiger partial charge in [0.05, 0.1) is 18.7 Å². The van der Waals surface area contributed by atoms with Gasteiger partial charge in [-0.15, -0.1) is 0 Å². The zero-order chi connectivity index (χ0) is 19.0. The second-order valence-corrected chi connectivity index (χ2v) is 7.14. The highest BCUT2D eigenvalue weighted by atomic mass is 16.5. The Balaban J connectivity index is 1.75. The first kappa shape index (κ1) is 17.5. The smallest absolute Gasteiger partial charge is 0.334 e. The molecule has 4 rings (SSSR count). The van der Waals surface area contributed by atoms with E-state index in [1.54, 1.807) is 16.7 Å². The summed E-state index contributed by atoms with van der Waals surface area (Å²) in [6, 6.07) is 17.8. The van der Waals surface area contributed by atoms with Gasteiger partial charge in [-0.05, 0) is 18.1 Å². The first-order valence-electron chi connectivity index (χ1n) is 9.04. The number of rotatable bonds is 4. The van der Waals surface area contributed by atoms with Crippen LogP contribution in [0.25, 0.3) is 0 Å². The number of aliphatic hydroxyl groups is 1. The van der Waals surface area contributed by atoms with Crippen LogP contribution in [-0.2, 0) is 16.1 Å². The molecule has 3 atom stereocenters. The molecule has 0 spiro atoms. The van der Waals surface area contributed by atoms with Crippen molar-refractivity contribution in [1.82, 2.24) is 9.80 Å². The molecule has 0 aromatic heterocycles. The summed E-state index contributed by atoms with van der Waals surface area (Å²) >= 11 is 0. The number of morpholine rings is 1. The number of amides is 2. The first-order valence-corrected chi connectivity index (χ1v) is 9.04. The van der Waals surface area contributed by atoms with E-state index in [2.05, 4.69) is 0 Å². The molecule has 2 aromatic rings. The molecule has 0 bridgehead atoms. The molecule has 27 heavy (non-hydrogen) atoms. The normalized spacial score (nSPS) is 27.5. The Kier molecular flexibility index (Phi) is 4.36. The topological polar surface area (TPSA) is 70.1 Å². The molecule has 140 valence electrons. The Hall–Kier alpha value is -2.86. The summed E-state index contributed by atoms with van der Waals surface area (Å²) in [6.07, 6.45) is 0. The predicted octanol–water partition coefficient (Wildman–Crippen LogP) is 2.34. The van der Waals surface area contributed by atoms with E-state index in [4.69, 9.17) is 4.74 Å². The molecule has 0 radical (unpaired) electrons. The van der Waals surface area contributed by atoms with Crippen LogP contribution < -0.4 is 0 Å². The van der Waals surface area contributed by atoms with Gasteiger partial charge in [-0.25, -0.2) is 9.59 Å². The summed E-state index contributed by atoms with van der Waals surface area (Å²) in [7, 11) is 0. The molecule has 2 aliphatic heterocycles. The van der Waals surface area contributed by atoms with Gasteiger partial charge in [0.15, 0.2) is 5.54 Å². The lowest BCUT2D eigenvalue weighted by atomic mass is 9.88. The van der Waals surface area contributed by atoms with E-state index in [-0.39, 0.29) is 25.3 Å². The molecule has 2 aliphatic rings. The quantitative estimate of drug-likeness (QED) is 0.844. The second-order valence-electron chi connectivity index (χ2n) is 7.14. The lowest BCUT2D eigenvalue weighted by molar-refractivity contribution is -0.169. The average Bonchev–Trinajstić information content (AvgIpc) is 2.92. The number of aliphatic hydroxyl groups excluding tert-OH is 1. The Morgan fingerprint density at radius 2 is 1.70 bits per heavy atom. The highest BCUT2D eigenvalue weighted by Crippen LogP contribution is 2.44. The SMILES string of the molecule is C[C@]12C(=O)OC[C@H](c3ccccc3)N1C(=O)N(Cc1ccccc1)[C@@H]2CO. The van der Waals surface area contributed by atoms with Gasteiger partial charge < -0.3 is 14.7 Å². The van der Waals surface area contributed by atoms with Gasteiger partial charge in [-0.2, -0.15) is 0 Å². The minimum Gasteiger partial charge on any atom is -0.461 e. The number of hydrogen-bond donors (Lipinski definition) is 1. The number of hydrogen-bond acceptors (Lipinski definition) is 4. The summed E-state index contributed by atoms with van der Waals surface area (Å²) in [5.41, 5.74) is 0.611. The van der Waals surface area contributed by atoms with Crippen molar-refractivity contribution in [2.45, 2.75) is 31.1 Å². The van der Waals surface area contributed by atoms with E-state index < -0.39 is 17.6 Å². The van der Waals surface area contributed by atoms with Gasteiger partial charge in [-0.1, -0.05) is 60.7 Å². The number of carbonyl (C=O) groups is 2. The van der Waals surface area contributed by atoms with Crippen molar-refractivity contribution < 1.29 is 19.4 Å². The summed E-state index contributed by atoms with van der Waals surface area (Å²) in [6.45, 7) is 1.81. The molecule has 6 nitrogen and oxygen atoms in total. The molecule has 2 aromatic carbocycles. The number of benzene rings is 2. The van der Waals surface area contributed by atoms with Crippen molar-refractivity contribution in [2.75, 3.05) is 13.2 Å². The van der Waals surface area contributed by atoms with Crippen molar-refractivity contribution in [3.63, 3.8) is 0 Å². The van der Waals surface area contributed by atoms with E-state index in [1.807, 2.05) is 60.7 Å². The minimum atomic E-state index is -1.24. The molecule has 1 N–H and O–H groups in total. The van der Waals surface area contributed by atoms with Crippen molar-refractivity contribution in [3.8, 4) is 0 Å². The lowest BCUT2D eigenvalue weighted by Gasteiger charge is -2.43. The van der Waals surface area contributed by atoms with Crippen LogP contribution in [0.2, 0.25) is 0 Å². The van der Waals surface area contributed by atoms with Crippen LogP contribution in [-0.4, -0.2) is 51.7 Å². The first-order chi connectivity index (χ1) is 13.1. The number of esters is 1. The molecule has 2 amide bonds. The zero-order valence-electron chi connectivity index (χ0n) is 15.1. The maximum absolute atomic E-state index is 13.4. The van der Waals surface area contributed by atoms with Gasteiger partial charge in [-0.3, -0.25) is 4.90 Å². The van der Waals surface area contributed by atoms with Gasteiger partial charge in [0, 0.05) is 6.54 Å². The third-order valence-corrected chi connectivity index (χ3v) is 5.63. The van der Waals surface area contributed by atoms with Crippen LogP contribution in [0.1, 0.15) is 24.1 Å². The third-order valence-electron chi connectivity index (χ3n) is 5.63. The molecule has 0 aliphatic carbocycles. The predicted molar refractivity (Wildman–Crippen MR) is 98.6 cm³/mol. The van der Waals surface area contributed by atoms with Crippen LogP contribution in [0, 0.1) is 0 Å². The summed E-state index contributed by atoms with van der Waals surface area (Å²) in [5.74, 6) is -0.474. The molecule has 2 fully saturated rings. The monoisotopic (exact) mass is 366 g/mol. The standard InChI is InChI=1S/C21H22N2O4/c1-21-18(13-24)22(12-15-8-4-2-5-9-15)20(26)23(21)17(14-27-19(21)25)16-10-6-3-7-11-16/h2-11,17-18,24H,12-14H2,1H3/t17-,18-,21+/m1/s1. The van der Waals surface area contributed by atoms with Crippen molar-refractivity contribution in [1.29, 1.82) is 0 Å². The zero-order valence-corrected chi connectivity index (χ0v) is 15.1. The Morgan fingerprint density at radius 1 is 1.07 bits per heavy atom. The molecular weight excluding hydrogens is 344 g/mol. The number of carbonyl (C=O) groups excluding carboxylic acids is 2. The maximum atomic E-state index is 13.4. The number of nitrogens with zero attached hydrogens (tertiary/aromatic N) is 2. The summed E-state index contributed by atoms with van der Waals surface area (Å²) in [5, 5.41) is 10.1. The Morgan fingerprint density at radius 3 is 2.33 bits per heavy atom. The van der Waals surface area contributed by atoms with E-state index in [9.17, 15) is 14.7 Å². The molecular formula is C21H22N2O4. The number of ether oxygens (including phenoxy) is 1. The second kappa shape index (κ2) is 6.70. The van der Waals surface area contributed by atoms with E-state index in [0.717, 1.165) is 11.1 Å². The number of fused-ring (bicyclic) bond motifs is 1. The van der Waals surface area contributed by atoms with Crippen molar-refractivity contribution >= 4 is 12.0 Å². The molecule has 0 saturated carbocycles. The van der Waals surface area contributed by atoms with Gasteiger partial charge >= 0.3 is 12.0 Å². The highest BCUT2D eigenvalue weighted by Gasteiger charge is 2.63. The molecule has 0 unspecified atom stereocenters. The van der Waals surface area contributed by atoms with Gasteiger partial charge in [0.25, 0.3) is 0 Å². The van der Waals surface area contributed by atoms with Crippen LogP contribution in [0.5, 0.6) is 0 Å². The minimum absolute atomic E-state index is 0.113. The Bertz CT molecular complexity index is 842. The maximum Gasteiger partial charge on any atom is 0.334 e. The van der Waals surface area contributed by atoms with Crippen LogP contribution >= 0.6 is 0 Å². The fraction of sp³-hybridized carbons (Fsp3) is 0.333. The fourth-order valence-electron chi connectivity index (χ4n) is 4.16. The molecule has 2 saturated heterocycles. The number of urea groups is 1. The van der Waals surface area contributed by atoms with Gasteiger partial charge in [0.2, 0.25) is 0 Å². The van der Waals surface area contributed by atoms with Gasteiger partial charge in [0.1, 0.15) is 6.61 Å². The third kappa shape index (κ3) is 2.68. The van der Waals surface area contributed by atoms with Crippen molar-refractivity contribution in [2.24, 2.45) is 0 Å². The number of cyclic esters (lactones) is 1. The Labute approximate surface area is 158 Å². The van der Waals surface area contributed by atoms with E-state index >= 15 is 0 Å². The molecule has 6 heteroatoms.